The standard InChI is InChI=1S/C19H23NO4.C10H14O/c21-12-13-24-17-9-6-15(7-10-17)8-11-19(23)20-18(14-22)16-4-2-1-3-5-16;1-10(2,3)8-4-6-9(11)7-5-8/h1-7,9-10,18,21-22H,8,11-14H2,(H,20,23);4-7,11H,1-3H3. The number of amides is 1. The fourth-order valence-electron chi connectivity index (χ4n) is 3.32. The van der Waals surface area contributed by atoms with Crippen molar-refractivity contribution in [3.05, 3.63) is 95.6 Å². The molecule has 188 valence electrons. The van der Waals surface area contributed by atoms with E-state index >= 15 is 0 Å². The Morgan fingerprint density at radius 3 is 2.09 bits per heavy atom. The molecule has 0 spiro atoms. The molecule has 35 heavy (non-hydrogen) atoms. The summed E-state index contributed by atoms with van der Waals surface area (Å²) in [6.07, 6.45) is 0.958. The number of aryl methyl sites for hydroxylation is 1. The highest BCUT2D eigenvalue weighted by atomic mass is 16.5. The number of carbonyl (C=O) groups is 1. The average Bonchev–Trinajstić information content (AvgIpc) is 2.86. The highest BCUT2D eigenvalue weighted by molar-refractivity contribution is 5.76. The van der Waals surface area contributed by atoms with Gasteiger partial charge in [-0.25, -0.2) is 0 Å². The molecule has 4 N–H and O–H groups in total. The minimum atomic E-state index is -0.382. The molecule has 3 aromatic rings. The van der Waals surface area contributed by atoms with Gasteiger partial charge < -0.3 is 25.4 Å². The van der Waals surface area contributed by atoms with E-state index in [-0.39, 0.29) is 37.2 Å². The quantitative estimate of drug-likeness (QED) is 0.361. The zero-order valence-electron chi connectivity index (χ0n) is 20.8. The third-order valence-electron chi connectivity index (χ3n) is 5.38. The van der Waals surface area contributed by atoms with Gasteiger partial charge in [0.25, 0.3) is 0 Å². The Morgan fingerprint density at radius 1 is 0.914 bits per heavy atom. The average molecular weight is 480 g/mol. The van der Waals surface area contributed by atoms with E-state index in [2.05, 4.69) is 26.1 Å². The zero-order valence-corrected chi connectivity index (χ0v) is 20.8. The third kappa shape index (κ3) is 10.2. The smallest absolute Gasteiger partial charge is 0.220 e. The minimum absolute atomic E-state index is 0.0185. The lowest BCUT2D eigenvalue weighted by Gasteiger charge is -2.18. The van der Waals surface area contributed by atoms with Crippen LogP contribution in [0.5, 0.6) is 11.5 Å². The number of nitrogens with one attached hydrogen (secondary N) is 1. The fourth-order valence-corrected chi connectivity index (χ4v) is 3.32. The number of aliphatic hydroxyl groups excluding tert-OH is 2. The molecule has 0 aromatic heterocycles. The van der Waals surface area contributed by atoms with E-state index in [0.29, 0.717) is 24.3 Å². The van der Waals surface area contributed by atoms with E-state index in [4.69, 9.17) is 14.9 Å². The normalized spacial score (nSPS) is 11.7. The fraction of sp³-hybridized carbons (Fsp3) is 0.345. The predicted molar refractivity (Wildman–Crippen MR) is 139 cm³/mol. The summed E-state index contributed by atoms with van der Waals surface area (Å²) in [7, 11) is 0. The molecule has 0 heterocycles. The van der Waals surface area contributed by atoms with Gasteiger partial charge in [-0.1, -0.05) is 75.4 Å². The number of hydrogen-bond acceptors (Lipinski definition) is 5. The molecular formula is C29H37NO5. The number of ether oxygens (including phenoxy) is 1. The molecule has 0 bridgehead atoms. The number of aliphatic hydroxyl groups is 2. The van der Waals surface area contributed by atoms with Gasteiger partial charge in [0.15, 0.2) is 0 Å². The molecule has 1 atom stereocenters. The van der Waals surface area contributed by atoms with Crippen molar-refractivity contribution in [3.63, 3.8) is 0 Å². The summed E-state index contributed by atoms with van der Waals surface area (Å²) in [5.41, 5.74) is 3.34. The Bertz CT molecular complexity index is 996. The van der Waals surface area contributed by atoms with E-state index in [1.54, 1.807) is 12.1 Å². The molecule has 0 fully saturated rings. The monoisotopic (exact) mass is 479 g/mol. The van der Waals surface area contributed by atoms with Crippen LogP contribution >= 0.6 is 0 Å². The number of benzene rings is 3. The minimum Gasteiger partial charge on any atom is -0.508 e. The summed E-state index contributed by atoms with van der Waals surface area (Å²) in [6, 6.07) is 23.8. The molecule has 0 aliphatic rings. The van der Waals surface area contributed by atoms with Crippen LogP contribution in [0, 0.1) is 0 Å². The maximum atomic E-state index is 12.1. The Balaban J connectivity index is 0.000000328. The molecule has 6 nitrogen and oxygen atoms in total. The molecule has 0 saturated carbocycles. The number of rotatable bonds is 9. The first kappa shape index (κ1) is 27.9. The van der Waals surface area contributed by atoms with Gasteiger partial charge in [0.05, 0.1) is 19.3 Å². The first-order valence-electron chi connectivity index (χ1n) is 11.8. The highest BCUT2D eigenvalue weighted by Gasteiger charge is 2.13. The molecule has 1 unspecified atom stereocenters. The topological polar surface area (TPSA) is 99.0 Å². The first-order valence-corrected chi connectivity index (χ1v) is 11.8. The Morgan fingerprint density at radius 2 is 1.54 bits per heavy atom. The Labute approximate surface area is 208 Å². The van der Waals surface area contributed by atoms with E-state index in [1.807, 2.05) is 66.7 Å². The van der Waals surface area contributed by atoms with Crippen LogP contribution in [0.2, 0.25) is 0 Å². The summed E-state index contributed by atoms with van der Waals surface area (Å²) in [5, 5.41) is 30.1. The molecule has 0 aliphatic heterocycles. The second-order valence-corrected chi connectivity index (χ2v) is 9.23. The lowest BCUT2D eigenvalue weighted by Crippen LogP contribution is -2.30. The molecule has 1 amide bonds. The number of phenols is 1. The lowest BCUT2D eigenvalue weighted by molar-refractivity contribution is -0.122. The summed E-state index contributed by atoms with van der Waals surface area (Å²) in [4.78, 5) is 12.1. The van der Waals surface area contributed by atoms with Gasteiger partial charge in [-0.05, 0) is 52.8 Å². The number of phenolic OH excluding ortho intramolecular Hbond substituents is 1. The highest BCUT2D eigenvalue weighted by Crippen LogP contribution is 2.23. The molecule has 3 aromatic carbocycles. The number of aromatic hydroxyl groups is 1. The second-order valence-electron chi connectivity index (χ2n) is 9.23. The summed E-state index contributed by atoms with van der Waals surface area (Å²) in [5.74, 6) is 0.929. The van der Waals surface area contributed by atoms with Crippen LogP contribution in [0.25, 0.3) is 0 Å². The predicted octanol–water partition coefficient (Wildman–Crippen LogP) is 4.53. The molecule has 3 rings (SSSR count). The molecule has 0 radical (unpaired) electrons. The van der Waals surface area contributed by atoms with Gasteiger partial charge in [-0.15, -0.1) is 0 Å². The molecular weight excluding hydrogens is 442 g/mol. The second kappa shape index (κ2) is 14.1. The third-order valence-corrected chi connectivity index (χ3v) is 5.38. The van der Waals surface area contributed by atoms with Crippen molar-refractivity contribution in [2.75, 3.05) is 19.8 Å². The van der Waals surface area contributed by atoms with Crippen LogP contribution in [-0.4, -0.2) is 41.0 Å². The lowest BCUT2D eigenvalue weighted by atomic mass is 9.87. The Kier molecular flexibility index (Phi) is 11.3. The van der Waals surface area contributed by atoms with Crippen molar-refractivity contribution >= 4 is 5.91 Å². The van der Waals surface area contributed by atoms with Crippen molar-refractivity contribution in [3.8, 4) is 11.5 Å². The summed E-state index contributed by atoms with van der Waals surface area (Å²) in [6.45, 7) is 6.57. The van der Waals surface area contributed by atoms with Gasteiger partial charge >= 0.3 is 0 Å². The van der Waals surface area contributed by atoms with Crippen molar-refractivity contribution < 1.29 is 24.9 Å². The van der Waals surface area contributed by atoms with Gasteiger partial charge in [0.1, 0.15) is 18.1 Å². The van der Waals surface area contributed by atoms with Crippen LogP contribution in [0.3, 0.4) is 0 Å². The zero-order chi connectivity index (χ0) is 25.7. The van der Waals surface area contributed by atoms with Gasteiger partial charge in [0.2, 0.25) is 5.91 Å². The van der Waals surface area contributed by atoms with E-state index < -0.39 is 0 Å². The van der Waals surface area contributed by atoms with E-state index in [9.17, 15) is 9.90 Å². The first-order chi connectivity index (χ1) is 16.7. The summed E-state index contributed by atoms with van der Waals surface area (Å²) < 4.78 is 5.29. The van der Waals surface area contributed by atoms with Crippen LogP contribution in [0.15, 0.2) is 78.9 Å². The summed E-state index contributed by atoms with van der Waals surface area (Å²) >= 11 is 0. The van der Waals surface area contributed by atoms with Crippen LogP contribution in [0.4, 0.5) is 0 Å². The van der Waals surface area contributed by atoms with Crippen LogP contribution in [0.1, 0.15) is 49.9 Å². The molecule has 6 heteroatoms. The van der Waals surface area contributed by atoms with E-state index in [1.165, 1.54) is 5.56 Å². The maximum absolute atomic E-state index is 12.1. The van der Waals surface area contributed by atoms with E-state index in [0.717, 1.165) is 11.1 Å². The van der Waals surface area contributed by atoms with Crippen molar-refractivity contribution in [2.45, 2.75) is 45.1 Å². The van der Waals surface area contributed by atoms with Crippen LogP contribution < -0.4 is 10.1 Å². The van der Waals surface area contributed by atoms with Gasteiger partial charge in [-0.3, -0.25) is 4.79 Å². The van der Waals surface area contributed by atoms with Gasteiger partial charge in [0, 0.05) is 6.42 Å². The SMILES string of the molecule is CC(C)(C)c1ccc(O)cc1.O=C(CCc1ccc(OCCO)cc1)NC(CO)c1ccccc1. The van der Waals surface area contributed by atoms with Crippen molar-refractivity contribution in [1.82, 2.24) is 5.32 Å². The number of carbonyl (C=O) groups excluding carboxylic acids is 1. The molecule has 0 aliphatic carbocycles. The van der Waals surface area contributed by atoms with Crippen LogP contribution in [-0.2, 0) is 16.6 Å². The van der Waals surface area contributed by atoms with Gasteiger partial charge in [-0.2, -0.15) is 0 Å². The molecule has 0 saturated heterocycles. The number of hydrogen-bond donors (Lipinski definition) is 4. The Hall–Kier alpha value is -3.35. The maximum Gasteiger partial charge on any atom is 0.220 e. The van der Waals surface area contributed by atoms with Crippen molar-refractivity contribution in [2.24, 2.45) is 0 Å². The van der Waals surface area contributed by atoms with Crippen molar-refractivity contribution in [1.29, 1.82) is 0 Å². The largest absolute Gasteiger partial charge is 0.508 e.